The van der Waals surface area contributed by atoms with E-state index in [0.717, 1.165) is 17.6 Å². The maximum Gasteiger partial charge on any atom is 0.119 e. The van der Waals surface area contributed by atoms with Gasteiger partial charge in [0.15, 0.2) is 0 Å². The molecule has 1 aromatic carbocycles. The summed E-state index contributed by atoms with van der Waals surface area (Å²) in [6, 6.07) is 6.70. The molecule has 1 nitrogen and oxygen atoms in total. The van der Waals surface area contributed by atoms with Gasteiger partial charge in [0.2, 0.25) is 0 Å². The van der Waals surface area contributed by atoms with Crippen LogP contribution < -0.4 is 4.74 Å². The standard InChI is InChI=1S/C18H26O/c1-18(2)10-4-5-15-11-13-6-8-16(19-3)12-14(13)7-9-17(15)18/h6,8,12,15,17H,4-5,7,9-11H2,1-3H3/t15-,17+/m1/s1. The van der Waals surface area contributed by atoms with E-state index in [9.17, 15) is 0 Å². The van der Waals surface area contributed by atoms with E-state index in [1.807, 2.05) is 0 Å². The van der Waals surface area contributed by atoms with E-state index < -0.39 is 0 Å². The van der Waals surface area contributed by atoms with Crippen LogP contribution in [0, 0.1) is 17.3 Å². The molecule has 1 aromatic rings. The molecule has 0 bridgehead atoms. The Morgan fingerprint density at radius 2 is 2.00 bits per heavy atom. The molecule has 1 fully saturated rings. The Morgan fingerprint density at radius 1 is 1.16 bits per heavy atom. The minimum absolute atomic E-state index is 0.537. The molecule has 0 heterocycles. The summed E-state index contributed by atoms with van der Waals surface area (Å²) in [5, 5.41) is 0. The highest BCUT2D eigenvalue weighted by molar-refractivity contribution is 5.37. The van der Waals surface area contributed by atoms with Gasteiger partial charge in [0.1, 0.15) is 5.75 Å². The first-order valence-corrected chi connectivity index (χ1v) is 7.76. The third-order valence-corrected chi connectivity index (χ3v) is 5.59. The molecule has 0 amide bonds. The highest BCUT2D eigenvalue weighted by Gasteiger charge is 2.39. The normalized spacial score (nSPS) is 29.0. The van der Waals surface area contributed by atoms with E-state index in [0.29, 0.717) is 5.41 Å². The molecule has 0 unspecified atom stereocenters. The highest BCUT2D eigenvalue weighted by atomic mass is 16.5. The van der Waals surface area contributed by atoms with Crippen LogP contribution in [-0.4, -0.2) is 7.11 Å². The van der Waals surface area contributed by atoms with Crippen LogP contribution in [0.3, 0.4) is 0 Å². The van der Waals surface area contributed by atoms with Crippen molar-refractivity contribution in [2.24, 2.45) is 17.3 Å². The summed E-state index contributed by atoms with van der Waals surface area (Å²) in [5.74, 6) is 2.82. The number of rotatable bonds is 1. The second-order valence-electron chi connectivity index (χ2n) is 7.12. The number of methoxy groups -OCH3 is 1. The van der Waals surface area contributed by atoms with Gasteiger partial charge in [-0.05, 0) is 72.6 Å². The predicted octanol–water partition coefficient (Wildman–Crippen LogP) is 4.63. The largest absolute Gasteiger partial charge is 0.497 e. The summed E-state index contributed by atoms with van der Waals surface area (Å²) in [5.41, 5.74) is 3.64. The van der Waals surface area contributed by atoms with Gasteiger partial charge in [-0.3, -0.25) is 0 Å². The van der Waals surface area contributed by atoms with E-state index in [1.165, 1.54) is 44.1 Å². The lowest BCUT2D eigenvalue weighted by Gasteiger charge is -2.43. The van der Waals surface area contributed by atoms with Crippen molar-refractivity contribution < 1.29 is 4.74 Å². The molecule has 1 heteroatoms. The summed E-state index contributed by atoms with van der Waals surface area (Å²) in [4.78, 5) is 0. The van der Waals surface area contributed by atoms with Gasteiger partial charge >= 0.3 is 0 Å². The summed E-state index contributed by atoms with van der Waals surface area (Å²) in [6.07, 6.45) is 8.13. The molecule has 0 saturated heterocycles. The molecule has 104 valence electrons. The second-order valence-corrected chi connectivity index (χ2v) is 7.12. The zero-order chi connectivity index (χ0) is 13.5. The van der Waals surface area contributed by atoms with Gasteiger partial charge in [-0.2, -0.15) is 0 Å². The fraction of sp³-hybridized carbons (Fsp3) is 0.667. The Bertz CT molecular complexity index is 461. The summed E-state index contributed by atoms with van der Waals surface area (Å²) < 4.78 is 5.38. The van der Waals surface area contributed by atoms with Crippen molar-refractivity contribution in [1.29, 1.82) is 0 Å². The number of hydrogen-bond acceptors (Lipinski definition) is 1. The molecule has 2 aliphatic carbocycles. The highest BCUT2D eigenvalue weighted by Crippen LogP contribution is 2.49. The second kappa shape index (κ2) is 4.85. The maximum absolute atomic E-state index is 5.38. The third kappa shape index (κ3) is 2.40. The molecular weight excluding hydrogens is 232 g/mol. The van der Waals surface area contributed by atoms with Crippen LogP contribution in [-0.2, 0) is 12.8 Å². The van der Waals surface area contributed by atoms with Crippen LogP contribution in [0.2, 0.25) is 0 Å². The van der Waals surface area contributed by atoms with Gasteiger partial charge in [-0.15, -0.1) is 0 Å². The zero-order valence-corrected chi connectivity index (χ0v) is 12.5. The lowest BCUT2D eigenvalue weighted by molar-refractivity contribution is 0.0705. The maximum atomic E-state index is 5.38. The van der Waals surface area contributed by atoms with Crippen LogP contribution in [0.25, 0.3) is 0 Å². The lowest BCUT2D eigenvalue weighted by atomic mass is 9.62. The Balaban J connectivity index is 1.90. The van der Waals surface area contributed by atoms with E-state index in [-0.39, 0.29) is 0 Å². The van der Waals surface area contributed by atoms with Gasteiger partial charge in [-0.1, -0.05) is 26.3 Å². The fourth-order valence-corrected chi connectivity index (χ4v) is 4.47. The Morgan fingerprint density at radius 3 is 2.79 bits per heavy atom. The van der Waals surface area contributed by atoms with Crippen molar-refractivity contribution in [3.05, 3.63) is 29.3 Å². The molecule has 0 N–H and O–H groups in total. The van der Waals surface area contributed by atoms with Crippen molar-refractivity contribution in [3.8, 4) is 5.75 Å². The molecular formula is C18H26O. The topological polar surface area (TPSA) is 9.23 Å². The van der Waals surface area contributed by atoms with E-state index in [2.05, 4.69) is 32.0 Å². The molecule has 0 aromatic heterocycles. The summed E-state index contributed by atoms with van der Waals surface area (Å²) in [7, 11) is 1.77. The number of hydrogen-bond donors (Lipinski definition) is 0. The first kappa shape index (κ1) is 13.0. The molecule has 0 aliphatic heterocycles. The molecule has 0 spiro atoms. The smallest absolute Gasteiger partial charge is 0.119 e. The minimum atomic E-state index is 0.537. The van der Waals surface area contributed by atoms with Crippen LogP contribution in [0.4, 0.5) is 0 Å². The predicted molar refractivity (Wildman–Crippen MR) is 79.6 cm³/mol. The zero-order valence-electron chi connectivity index (χ0n) is 12.5. The monoisotopic (exact) mass is 258 g/mol. The van der Waals surface area contributed by atoms with Crippen LogP contribution in [0.15, 0.2) is 18.2 Å². The minimum Gasteiger partial charge on any atom is -0.497 e. The number of ether oxygens (including phenoxy) is 1. The van der Waals surface area contributed by atoms with Crippen molar-refractivity contribution in [2.45, 2.75) is 52.4 Å². The van der Waals surface area contributed by atoms with Crippen molar-refractivity contribution in [3.63, 3.8) is 0 Å². The average molecular weight is 258 g/mol. The van der Waals surface area contributed by atoms with Gasteiger partial charge in [0, 0.05) is 0 Å². The first-order chi connectivity index (χ1) is 9.10. The van der Waals surface area contributed by atoms with Crippen LogP contribution in [0.1, 0.15) is 50.7 Å². The van der Waals surface area contributed by atoms with Crippen molar-refractivity contribution in [2.75, 3.05) is 7.11 Å². The van der Waals surface area contributed by atoms with Gasteiger partial charge < -0.3 is 4.74 Å². The number of aryl methyl sites for hydroxylation is 1. The lowest BCUT2D eigenvalue weighted by Crippen LogP contribution is -2.35. The first-order valence-electron chi connectivity index (χ1n) is 7.76. The molecule has 1 saturated carbocycles. The summed E-state index contributed by atoms with van der Waals surface area (Å²) >= 11 is 0. The van der Waals surface area contributed by atoms with Crippen molar-refractivity contribution >= 4 is 0 Å². The quantitative estimate of drug-likeness (QED) is 0.714. The van der Waals surface area contributed by atoms with Gasteiger partial charge in [0.05, 0.1) is 7.11 Å². The molecule has 0 radical (unpaired) electrons. The average Bonchev–Trinajstić information content (AvgIpc) is 2.57. The Kier molecular flexibility index (Phi) is 3.32. The molecule has 2 atom stereocenters. The number of benzene rings is 1. The van der Waals surface area contributed by atoms with Crippen LogP contribution in [0.5, 0.6) is 5.75 Å². The van der Waals surface area contributed by atoms with E-state index in [1.54, 1.807) is 12.7 Å². The third-order valence-electron chi connectivity index (χ3n) is 5.59. The Hall–Kier alpha value is -0.980. The molecule has 3 rings (SSSR count). The summed E-state index contributed by atoms with van der Waals surface area (Å²) in [6.45, 7) is 4.97. The van der Waals surface area contributed by atoms with Crippen LogP contribution >= 0.6 is 0 Å². The SMILES string of the molecule is COc1ccc2c(c1)CC[C@H]1[C@H](CCCC1(C)C)C2. The fourth-order valence-electron chi connectivity index (χ4n) is 4.47. The van der Waals surface area contributed by atoms with Crippen molar-refractivity contribution in [1.82, 2.24) is 0 Å². The Labute approximate surface area is 117 Å². The molecule has 19 heavy (non-hydrogen) atoms. The van der Waals surface area contributed by atoms with Gasteiger partial charge in [0.25, 0.3) is 0 Å². The van der Waals surface area contributed by atoms with E-state index >= 15 is 0 Å². The van der Waals surface area contributed by atoms with E-state index in [4.69, 9.17) is 4.74 Å². The number of fused-ring (bicyclic) bond motifs is 2. The van der Waals surface area contributed by atoms with Gasteiger partial charge in [-0.25, -0.2) is 0 Å². The molecule has 2 aliphatic rings.